The molecule has 1 aliphatic rings. The largest absolute Gasteiger partial charge is 0.480 e. The standard InChI is InChI=1S/C20H13Br2FN2O5S/c1-29-16(26)9-30-17-12(21)7-10(8-13(17)22)6-11-18(27)24-20(31)25(19(11)28)15-5-3-2-4-14(15)23/h2-8H,9H2,1H3,(H,24,27,31)/b11-6+. The number of carbonyl (C=O) groups excluding carboxylic acids is 3. The first-order chi connectivity index (χ1) is 14.7. The van der Waals surface area contributed by atoms with E-state index in [2.05, 4.69) is 41.9 Å². The first-order valence-electron chi connectivity index (χ1n) is 8.57. The zero-order valence-electron chi connectivity index (χ0n) is 15.8. The minimum absolute atomic E-state index is 0.0719. The highest BCUT2D eigenvalue weighted by molar-refractivity contribution is 9.11. The van der Waals surface area contributed by atoms with Crippen LogP contribution in [0.15, 0.2) is 50.9 Å². The molecule has 0 radical (unpaired) electrons. The summed E-state index contributed by atoms with van der Waals surface area (Å²) in [5, 5.41) is 2.18. The van der Waals surface area contributed by atoms with Crippen molar-refractivity contribution in [3.05, 3.63) is 62.3 Å². The van der Waals surface area contributed by atoms with Gasteiger partial charge in [0.1, 0.15) is 17.1 Å². The number of ether oxygens (including phenoxy) is 2. The molecule has 0 saturated carbocycles. The molecule has 31 heavy (non-hydrogen) atoms. The molecule has 2 amide bonds. The summed E-state index contributed by atoms with van der Waals surface area (Å²) in [5.41, 5.74) is 0.153. The van der Waals surface area contributed by atoms with Gasteiger partial charge in [-0.25, -0.2) is 14.1 Å². The summed E-state index contributed by atoms with van der Waals surface area (Å²) >= 11 is 11.7. The lowest BCUT2D eigenvalue weighted by Gasteiger charge is -2.29. The molecule has 1 aliphatic heterocycles. The van der Waals surface area contributed by atoms with Gasteiger partial charge in [0, 0.05) is 0 Å². The number of nitrogens with one attached hydrogen (secondary N) is 1. The van der Waals surface area contributed by atoms with Crippen LogP contribution in [0.2, 0.25) is 0 Å². The number of anilines is 1. The Bertz CT molecular complexity index is 1120. The molecular formula is C20H13Br2FN2O5S. The molecule has 0 unspecified atom stereocenters. The van der Waals surface area contributed by atoms with Crippen LogP contribution in [0.1, 0.15) is 5.56 Å². The summed E-state index contributed by atoms with van der Waals surface area (Å²) in [6, 6.07) is 8.78. The Labute approximate surface area is 198 Å². The fraction of sp³-hybridized carbons (Fsp3) is 0.100. The molecule has 160 valence electrons. The lowest BCUT2D eigenvalue weighted by molar-refractivity contribution is -0.143. The summed E-state index contributed by atoms with van der Waals surface area (Å²) in [5.74, 6) is -2.36. The van der Waals surface area contributed by atoms with E-state index in [0.29, 0.717) is 20.3 Å². The van der Waals surface area contributed by atoms with Crippen LogP contribution in [0.3, 0.4) is 0 Å². The summed E-state index contributed by atoms with van der Waals surface area (Å²) < 4.78 is 25.1. The second kappa shape index (κ2) is 9.67. The fourth-order valence-electron chi connectivity index (χ4n) is 2.67. The van der Waals surface area contributed by atoms with Gasteiger partial charge in [-0.15, -0.1) is 0 Å². The summed E-state index contributed by atoms with van der Waals surface area (Å²) in [6.45, 7) is -0.302. The fourth-order valence-corrected chi connectivity index (χ4v) is 4.39. The molecule has 1 saturated heterocycles. The average Bonchev–Trinajstić information content (AvgIpc) is 2.71. The highest BCUT2D eigenvalue weighted by Crippen LogP contribution is 2.36. The SMILES string of the molecule is COC(=O)COc1c(Br)cc(/C=C2\C(=O)NC(=S)N(c3ccccc3F)C2=O)cc1Br. The zero-order chi connectivity index (χ0) is 22.7. The Kier molecular flexibility index (Phi) is 7.19. The van der Waals surface area contributed by atoms with Crippen molar-refractivity contribution < 1.29 is 28.2 Å². The van der Waals surface area contributed by atoms with Gasteiger partial charge in [0.05, 0.1) is 21.7 Å². The minimum Gasteiger partial charge on any atom is -0.480 e. The zero-order valence-corrected chi connectivity index (χ0v) is 19.8. The molecule has 2 aromatic carbocycles. The van der Waals surface area contributed by atoms with E-state index >= 15 is 0 Å². The third-order valence-electron chi connectivity index (χ3n) is 4.09. The van der Waals surface area contributed by atoms with E-state index in [4.69, 9.17) is 17.0 Å². The predicted octanol–water partition coefficient (Wildman–Crippen LogP) is 3.73. The van der Waals surface area contributed by atoms with Crippen molar-refractivity contribution in [2.45, 2.75) is 0 Å². The molecule has 0 spiro atoms. The van der Waals surface area contributed by atoms with E-state index in [1.54, 1.807) is 18.2 Å². The highest BCUT2D eigenvalue weighted by Gasteiger charge is 2.35. The molecule has 11 heteroatoms. The molecule has 3 rings (SSSR count). The molecule has 0 aromatic heterocycles. The van der Waals surface area contributed by atoms with Crippen molar-refractivity contribution in [2.75, 3.05) is 18.6 Å². The lowest BCUT2D eigenvalue weighted by Crippen LogP contribution is -2.54. The molecule has 1 N–H and O–H groups in total. The van der Waals surface area contributed by atoms with Crippen LogP contribution in [0.5, 0.6) is 5.75 Å². The van der Waals surface area contributed by atoms with Crippen LogP contribution < -0.4 is 15.0 Å². The third-order valence-corrected chi connectivity index (χ3v) is 5.55. The number of benzene rings is 2. The Morgan fingerprint density at radius 2 is 1.87 bits per heavy atom. The highest BCUT2D eigenvalue weighted by atomic mass is 79.9. The number of esters is 1. The van der Waals surface area contributed by atoms with Gasteiger partial charge in [-0.05, 0) is 80.0 Å². The first kappa shape index (κ1) is 23.0. The number of methoxy groups -OCH3 is 1. The summed E-state index contributed by atoms with van der Waals surface area (Å²) in [6.07, 6.45) is 1.34. The Morgan fingerprint density at radius 3 is 2.48 bits per heavy atom. The van der Waals surface area contributed by atoms with Crippen molar-refractivity contribution in [2.24, 2.45) is 0 Å². The number of hydrogen-bond acceptors (Lipinski definition) is 6. The maximum absolute atomic E-state index is 14.2. The number of carbonyl (C=O) groups is 3. The molecule has 1 fully saturated rings. The number of para-hydroxylation sites is 1. The van der Waals surface area contributed by atoms with Gasteiger partial charge in [0.15, 0.2) is 11.7 Å². The van der Waals surface area contributed by atoms with Crippen molar-refractivity contribution in [3.8, 4) is 5.75 Å². The van der Waals surface area contributed by atoms with E-state index in [-0.39, 0.29) is 23.0 Å². The van der Waals surface area contributed by atoms with Crippen LogP contribution in [0.4, 0.5) is 10.1 Å². The van der Waals surface area contributed by atoms with Crippen LogP contribution in [0.25, 0.3) is 6.08 Å². The maximum atomic E-state index is 14.2. The van der Waals surface area contributed by atoms with E-state index in [9.17, 15) is 18.8 Å². The first-order valence-corrected chi connectivity index (χ1v) is 10.6. The van der Waals surface area contributed by atoms with Gasteiger partial charge in [-0.1, -0.05) is 12.1 Å². The maximum Gasteiger partial charge on any atom is 0.343 e. The summed E-state index contributed by atoms with van der Waals surface area (Å²) in [4.78, 5) is 37.6. The van der Waals surface area contributed by atoms with E-state index in [1.807, 2.05) is 0 Å². The quantitative estimate of drug-likeness (QED) is 0.255. The van der Waals surface area contributed by atoms with Crippen LogP contribution >= 0.6 is 44.1 Å². The van der Waals surface area contributed by atoms with Gasteiger partial charge in [-0.3, -0.25) is 14.9 Å². The molecule has 1 heterocycles. The van der Waals surface area contributed by atoms with Crippen molar-refractivity contribution in [3.63, 3.8) is 0 Å². The van der Waals surface area contributed by atoms with Gasteiger partial charge >= 0.3 is 5.97 Å². The third kappa shape index (κ3) is 5.00. The van der Waals surface area contributed by atoms with Gasteiger partial charge < -0.3 is 9.47 Å². The van der Waals surface area contributed by atoms with Crippen molar-refractivity contribution in [1.29, 1.82) is 0 Å². The number of nitrogens with zero attached hydrogens (tertiary/aromatic N) is 1. The smallest absolute Gasteiger partial charge is 0.343 e. The van der Waals surface area contributed by atoms with Crippen LogP contribution in [0, 0.1) is 5.82 Å². The Balaban J connectivity index is 1.95. The number of thiocarbonyl (C=S) groups is 1. The minimum atomic E-state index is -0.767. The Hall–Kier alpha value is -2.63. The molecule has 0 atom stereocenters. The van der Waals surface area contributed by atoms with Crippen molar-refractivity contribution in [1.82, 2.24) is 5.32 Å². The van der Waals surface area contributed by atoms with E-state index in [1.165, 1.54) is 31.4 Å². The molecule has 2 aromatic rings. The second-order valence-corrected chi connectivity index (χ2v) is 8.18. The number of halogens is 3. The second-order valence-electron chi connectivity index (χ2n) is 6.09. The number of rotatable bonds is 5. The van der Waals surface area contributed by atoms with Gasteiger partial charge in [-0.2, -0.15) is 0 Å². The Morgan fingerprint density at radius 1 is 1.23 bits per heavy atom. The molecule has 0 aliphatic carbocycles. The van der Waals surface area contributed by atoms with Gasteiger partial charge in [0.25, 0.3) is 11.8 Å². The number of hydrogen-bond donors (Lipinski definition) is 1. The summed E-state index contributed by atoms with van der Waals surface area (Å²) in [7, 11) is 1.24. The number of amides is 2. The van der Waals surface area contributed by atoms with Gasteiger partial charge in [0.2, 0.25) is 0 Å². The van der Waals surface area contributed by atoms with Crippen molar-refractivity contribution >= 4 is 78.7 Å². The van der Waals surface area contributed by atoms with E-state index in [0.717, 1.165) is 4.90 Å². The molecule has 7 nitrogen and oxygen atoms in total. The molecule has 0 bridgehead atoms. The average molecular weight is 572 g/mol. The predicted molar refractivity (Wildman–Crippen MR) is 122 cm³/mol. The lowest BCUT2D eigenvalue weighted by atomic mass is 10.1. The topological polar surface area (TPSA) is 84.9 Å². The normalized spacial score (nSPS) is 15.2. The van der Waals surface area contributed by atoms with Crippen LogP contribution in [-0.4, -0.2) is 36.6 Å². The van der Waals surface area contributed by atoms with Crippen LogP contribution in [-0.2, 0) is 19.1 Å². The molecular weight excluding hydrogens is 559 g/mol. The monoisotopic (exact) mass is 570 g/mol. The van der Waals surface area contributed by atoms with E-state index < -0.39 is 23.6 Å².